The van der Waals surface area contributed by atoms with Gasteiger partial charge in [-0.15, -0.1) is 0 Å². The molecule has 0 fully saturated rings. The summed E-state index contributed by atoms with van der Waals surface area (Å²) in [5.74, 6) is -5.09. The van der Waals surface area contributed by atoms with Crippen molar-refractivity contribution < 1.29 is 23.5 Å². The lowest BCUT2D eigenvalue weighted by Gasteiger charge is -2.09. The fourth-order valence-electron chi connectivity index (χ4n) is 0.930. The number of pyridine rings is 1. The SMILES string of the molecule is CC(NC(=O)c1ccnc(F)c1F)C(=O)O. The number of carbonyl (C=O) groups is 2. The molecule has 1 unspecified atom stereocenters. The summed E-state index contributed by atoms with van der Waals surface area (Å²) < 4.78 is 25.7. The highest BCUT2D eigenvalue weighted by molar-refractivity contribution is 5.96. The van der Waals surface area contributed by atoms with Crippen LogP contribution in [0.2, 0.25) is 0 Å². The largest absolute Gasteiger partial charge is 0.480 e. The van der Waals surface area contributed by atoms with Crippen LogP contribution in [0.3, 0.4) is 0 Å². The fraction of sp³-hybridized carbons (Fsp3) is 0.222. The minimum Gasteiger partial charge on any atom is -0.480 e. The van der Waals surface area contributed by atoms with E-state index in [1.54, 1.807) is 0 Å². The van der Waals surface area contributed by atoms with Gasteiger partial charge in [-0.05, 0) is 13.0 Å². The van der Waals surface area contributed by atoms with Gasteiger partial charge in [-0.2, -0.15) is 4.39 Å². The number of halogens is 2. The maximum Gasteiger partial charge on any atom is 0.325 e. The van der Waals surface area contributed by atoms with Crippen molar-refractivity contribution in [2.45, 2.75) is 13.0 Å². The Morgan fingerprint density at radius 2 is 2.12 bits per heavy atom. The molecule has 0 aliphatic carbocycles. The molecule has 1 amide bonds. The lowest BCUT2D eigenvalue weighted by molar-refractivity contribution is -0.138. The van der Waals surface area contributed by atoms with Gasteiger partial charge in [0.2, 0.25) is 5.95 Å². The highest BCUT2D eigenvalue weighted by Gasteiger charge is 2.20. The van der Waals surface area contributed by atoms with Crippen LogP contribution in [0.1, 0.15) is 17.3 Å². The zero-order valence-electron chi connectivity index (χ0n) is 8.20. The van der Waals surface area contributed by atoms with Gasteiger partial charge in [-0.25, -0.2) is 9.37 Å². The van der Waals surface area contributed by atoms with Crippen molar-refractivity contribution in [3.8, 4) is 0 Å². The standard InChI is InChI=1S/C9H8F2N2O3/c1-4(9(15)16)13-8(14)5-2-3-12-7(11)6(5)10/h2-4H,1H3,(H,13,14)(H,15,16). The number of nitrogens with zero attached hydrogens (tertiary/aromatic N) is 1. The minimum absolute atomic E-state index is 0.583. The van der Waals surface area contributed by atoms with Crippen LogP contribution in [-0.4, -0.2) is 28.0 Å². The Bertz CT molecular complexity index is 437. The molecule has 5 nitrogen and oxygen atoms in total. The molecule has 1 heterocycles. The van der Waals surface area contributed by atoms with Crippen LogP contribution >= 0.6 is 0 Å². The van der Waals surface area contributed by atoms with Crippen LogP contribution in [0.4, 0.5) is 8.78 Å². The third-order valence-corrected chi connectivity index (χ3v) is 1.81. The molecule has 0 aromatic carbocycles. The van der Waals surface area contributed by atoms with Gasteiger partial charge in [0.25, 0.3) is 5.91 Å². The van der Waals surface area contributed by atoms with E-state index in [0.29, 0.717) is 0 Å². The first-order valence-corrected chi connectivity index (χ1v) is 4.27. The van der Waals surface area contributed by atoms with E-state index in [2.05, 4.69) is 4.98 Å². The predicted molar refractivity (Wildman–Crippen MR) is 48.7 cm³/mol. The van der Waals surface area contributed by atoms with Crippen LogP contribution in [-0.2, 0) is 4.79 Å². The van der Waals surface area contributed by atoms with Crippen molar-refractivity contribution in [1.82, 2.24) is 10.3 Å². The molecule has 0 saturated carbocycles. The highest BCUT2D eigenvalue weighted by Crippen LogP contribution is 2.08. The first kappa shape index (κ1) is 12.0. The molecule has 16 heavy (non-hydrogen) atoms. The summed E-state index contributed by atoms with van der Waals surface area (Å²) in [6.07, 6.45) is 0.915. The van der Waals surface area contributed by atoms with Crippen LogP contribution < -0.4 is 5.32 Å². The van der Waals surface area contributed by atoms with Gasteiger partial charge in [-0.3, -0.25) is 9.59 Å². The van der Waals surface area contributed by atoms with Crippen molar-refractivity contribution in [3.63, 3.8) is 0 Å². The highest BCUT2D eigenvalue weighted by atomic mass is 19.2. The fourth-order valence-corrected chi connectivity index (χ4v) is 0.930. The second-order valence-corrected chi connectivity index (χ2v) is 3.00. The number of nitrogens with one attached hydrogen (secondary N) is 1. The zero-order chi connectivity index (χ0) is 12.3. The minimum atomic E-state index is -1.41. The quantitative estimate of drug-likeness (QED) is 0.743. The number of aliphatic carboxylic acids is 1. The maximum atomic E-state index is 13.1. The molecule has 1 atom stereocenters. The van der Waals surface area contributed by atoms with Gasteiger partial charge in [0.15, 0.2) is 5.82 Å². The molecule has 2 N–H and O–H groups in total. The second-order valence-electron chi connectivity index (χ2n) is 3.00. The second kappa shape index (κ2) is 4.65. The lowest BCUT2D eigenvalue weighted by atomic mass is 10.2. The Morgan fingerprint density at radius 1 is 1.50 bits per heavy atom. The number of hydrogen-bond acceptors (Lipinski definition) is 3. The molecule has 1 aromatic heterocycles. The van der Waals surface area contributed by atoms with Gasteiger partial charge in [0, 0.05) is 6.20 Å². The van der Waals surface area contributed by atoms with Crippen molar-refractivity contribution in [2.24, 2.45) is 0 Å². The number of hydrogen-bond donors (Lipinski definition) is 2. The van der Waals surface area contributed by atoms with E-state index >= 15 is 0 Å². The van der Waals surface area contributed by atoms with Crippen LogP contribution in [0, 0.1) is 11.8 Å². The monoisotopic (exact) mass is 230 g/mol. The van der Waals surface area contributed by atoms with Gasteiger partial charge in [0.1, 0.15) is 6.04 Å². The van der Waals surface area contributed by atoms with E-state index in [0.717, 1.165) is 12.3 Å². The summed E-state index contributed by atoms with van der Waals surface area (Å²) in [4.78, 5) is 24.7. The number of carbonyl (C=O) groups excluding carboxylic acids is 1. The van der Waals surface area contributed by atoms with E-state index in [4.69, 9.17) is 5.11 Å². The summed E-state index contributed by atoms with van der Waals surface area (Å²) >= 11 is 0. The normalized spacial score (nSPS) is 11.9. The first-order valence-electron chi connectivity index (χ1n) is 4.27. The van der Waals surface area contributed by atoms with Crippen LogP contribution in [0.25, 0.3) is 0 Å². The van der Waals surface area contributed by atoms with E-state index in [1.807, 2.05) is 5.32 Å². The molecule has 1 rings (SSSR count). The smallest absolute Gasteiger partial charge is 0.325 e. The van der Waals surface area contributed by atoms with Crippen molar-refractivity contribution >= 4 is 11.9 Å². The Morgan fingerprint density at radius 3 is 2.69 bits per heavy atom. The Hall–Kier alpha value is -2.05. The maximum absolute atomic E-state index is 13.1. The van der Waals surface area contributed by atoms with Crippen molar-refractivity contribution in [3.05, 3.63) is 29.6 Å². The number of aromatic nitrogens is 1. The van der Waals surface area contributed by atoms with E-state index in [1.165, 1.54) is 6.92 Å². The van der Waals surface area contributed by atoms with Crippen LogP contribution in [0.5, 0.6) is 0 Å². The third-order valence-electron chi connectivity index (χ3n) is 1.81. The Labute approximate surface area is 89.1 Å². The zero-order valence-corrected chi connectivity index (χ0v) is 8.20. The summed E-state index contributed by atoms with van der Waals surface area (Å²) in [6, 6.07) is -0.231. The molecular formula is C9H8F2N2O3. The average molecular weight is 230 g/mol. The summed E-state index contributed by atoms with van der Waals surface area (Å²) in [5.41, 5.74) is -0.583. The van der Waals surface area contributed by atoms with E-state index in [9.17, 15) is 18.4 Å². The van der Waals surface area contributed by atoms with Crippen molar-refractivity contribution in [1.29, 1.82) is 0 Å². The number of rotatable bonds is 3. The van der Waals surface area contributed by atoms with E-state index in [-0.39, 0.29) is 0 Å². The average Bonchev–Trinajstić information content (AvgIpc) is 2.21. The summed E-state index contributed by atoms with van der Waals surface area (Å²) in [6.45, 7) is 1.20. The molecule has 0 radical (unpaired) electrons. The lowest BCUT2D eigenvalue weighted by Crippen LogP contribution is -2.38. The summed E-state index contributed by atoms with van der Waals surface area (Å²) in [7, 11) is 0. The topological polar surface area (TPSA) is 79.3 Å². The molecule has 86 valence electrons. The van der Waals surface area contributed by atoms with Crippen molar-refractivity contribution in [2.75, 3.05) is 0 Å². The van der Waals surface area contributed by atoms with E-state index < -0.39 is 35.2 Å². The first-order chi connectivity index (χ1) is 7.43. The van der Waals surface area contributed by atoms with Crippen LogP contribution in [0.15, 0.2) is 12.3 Å². The number of amides is 1. The van der Waals surface area contributed by atoms with Gasteiger partial charge in [-0.1, -0.05) is 0 Å². The molecule has 1 aromatic rings. The number of carboxylic acids is 1. The molecule has 0 bridgehead atoms. The van der Waals surface area contributed by atoms with Gasteiger partial charge >= 0.3 is 5.97 Å². The van der Waals surface area contributed by atoms with Gasteiger partial charge in [0.05, 0.1) is 5.56 Å². The molecule has 0 spiro atoms. The summed E-state index contributed by atoms with van der Waals surface area (Å²) in [5, 5.41) is 10.5. The molecule has 7 heteroatoms. The number of carboxylic acid groups (broad SMARTS) is 1. The molecule has 0 aliphatic rings. The van der Waals surface area contributed by atoms with Gasteiger partial charge < -0.3 is 10.4 Å². The molecular weight excluding hydrogens is 222 g/mol. The Kier molecular flexibility index (Phi) is 3.49. The Balaban J connectivity index is 2.89. The predicted octanol–water partition coefficient (Wildman–Crippen LogP) is 0.563. The third kappa shape index (κ3) is 2.50. The molecule has 0 aliphatic heterocycles. The molecule has 0 saturated heterocycles.